The van der Waals surface area contributed by atoms with E-state index >= 15 is 0 Å². The van der Waals surface area contributed by atoms with Gasteiger partial charge in [-0.2, -0.15) is 0 Å². The Labute approximate surface area is 99.1 Å². The lowest BCUT2D eigenvalue weighted by Gasteiger charge is -2.22. The number of halogens is 2. The van der Waals surface area contributed by atoms with E-state index in [0.717, 1.165) is 31.7 Å². The van der Waals surface area contributed by atoms with E-state index in [9.17, 15) is 8.78 Å². The maximum atomic E-state index is 13.1. The maximum Gasteiger partial charge on any atom is 0.494 e. The molecule has 17 heavy (non-hydrogen) atoms. The Bertz CT molecular complexity index is 393. The SMILES string of the molecule is Fc1cc(F)cc(B2O[C@H]3CCCC[C@H]3O2)c1. The first-order valence-electron chi connectivity index (χ1n) is 5.99. The fourth-order valence-electron chi connectivity index (χ4n) is 2.59. The van der Waals surface area contributed by atoms with Gasteiger partial charge in [0, 0.05) is 6.07 Å². The summed E-state index contributed by atoms with van der Waals surface area (Å²) in [5.41, 5.74) is 0.428. The average molecular weight is 238 g/mol. The van der Waals surface area contributed by atoms with E-state index in [4.69, 9.17) is 9.31 Å². The smallest absolute Gasteiger partial charge is 0.402 e. The second kappa shape index (κ2) is 4.39. The van der Waals surface area contributed by atoms with Crippen molar-refractivity contribution in [2.45, 2.75) is 37.9 Å². The van der Waals surface area contributed by atoms with Crippen molar-refractivity contribution in [3.8, 4) is 0 Å². The normalized spacial score (nSPS) is 28.2. The molecule has 1 heterocycles. The van der Waals surface area contributed by atoms with E-state index in [-0.39, 0.29) is 12.2 Å². The largest absolute Gasteiger partial charge is 0.494 e. The molecule has 2 atom stereocenters. The predicted octanol–water partition coefficient (Wildman–Crippen LogP) is 2.02. The molecule has 2 nitrogen and oxygen atoms in total. The topological polar surface area (TPSA) is 18.5 Å². The van der Waals surface area contributed by atoms with Crippen molar-refractivity contribution in [3.05, 3.63) is 29.8 Å². The van der Waals surface area contributed by atoms with Gasteiger partial charge in [-0.25, -0.2) is 8.78 Å². The molecule has 2 aliphatic rings. The first-order valence-corrected chi connectivity index (χ1v) is 5.99. The lowest BCUT2D eigenvalue weighted by molar-refractivity contribution is 0.110. The van der Waals surface area contributed by atoms with E-state index in [1.54, 1.807) is 0 Å². The molecule has 0 aromatic heterocycles. The van der Waals surface area contributed by atoms with Crippen LogP contribution >= 0.6 is 0 Å². The monoisotopic (exact) mass is 238 g/mol. The summed E-state index contributed by atoms with van der Waals surface area (Å²) in [6, 6.07) is 3.39. The van der Waals surface area contributed by atoms with Gasteiger partial charge in [0.15, 0.2) is 0 Å². The standard InChI is InChI=1S/C12H13BF2O2/c14-9-5-8(6-10(15)7-9)13-16-11-3-1-2-4-12(11)17-13/h5-7,11-12H,1-4H2/t11-,12+. The van der Waals surface area contributed by atoms with Crippen molar-refractivity contribution in [3.63, 3.8) is 0 Å². The van der Waals surface area contributed by atoms with Crippen molar-refractivity contribution in [1.29, 1.82) is 0 Å². The summed E-state index contributed by atoms with van der Waals surface area (Å²) in [4.78, 5) is 0. The van der Waals surface area contributed by atoms with Crippen LogP contribution in [0.3, 0.4) is 0 Å². The lowest BCUT2D eigenvalue weighted by atomic mass is 9.79. The molecule has 5 heteroatoms. The summed E-state index contributed by atoms with van der Waals surface area (Å²) in [7, 11) is -0.617. The molecule has 1 aromatic carbocycles. The Balaban J connectivity index is 1.81. The highest BCUT2D eigenvalue weighted by Gasteiger charge is 2.41. The van der Waals surface area contributed by atoms with E-state index in [1.165, 1.54) is 12.1 Å². The Morgan fingerprint density at radius 3 is 2.00 bits per heavy atom. The first-order chi connectivity index (χ1) is 8.22. The molecule has 1 saturated heterocycles. The van der Waals surface area contributed by atoms with E-state index in [1.807, 2.05) is 0 Å². The fraction of sp³-hybridized carbons (Fsp3) is 0.500. The minimum Gasteiger partial charge on any atom is -0.402 e. The third kappa shape index (κ3) is 2.22. The number of benzene rings is 1. The summed E-state index contributed by atoms with van der Waals surface area (Å²) in [5.74, 6) is -1.19. The van der Waals surface area contributed by atoms with Crippen LogP contribution in [0.5, 0.6) is 0 Å². The van der Waals surface area contributed by atoms with Crippen molar-refractivity contribution < 1.29 is 18.1 Å². The van der Waals surface area contributed by atoms with Crippen LogP contribution in [-0.2, 0) is 9.31 Å². The number of fused-ring (bicyclic) bond motifs is 1. The highest BCUT2D eigenvalue weighted by Crippen LogP contribution is 2.29. The quantitative estimate of drug-likeness (QED) is 0.697. The van der Waals surface area contributed by atoms with Crippen LogP contribution in [-0.4, -0.2) is 19.3 Å². The number of hydrogen-bond acceptors (Lipinski definition) is 2. The van der Waals surface area contributed by atoms with Crippen LogP contribution < -0.4 is 5.46 Å². The fourth-order valence-corrected chi connectivity index (χ4v) is 2.59. The van der Waals surface area contributed by atoms with Gasteiger partial charge in [0.2, 0.25) is 0 Å². The number of hydrogen-bond donors (Lipinski definition) is 0. The molecule has 1 aliphatic carbocycles. The van der Waals surface area contributed by atoms with Crippen LogP contribution in [0.4, 0.5) is 8.78 Å². The van der Waals surface area contributed by atoms with E-state index in [0.29, 0.717) is 5.46 Å². The van der Waals surface area contributed by atoms with Gasteiger partial charge in [0.1, 0.15) is 11.6 Å². The Morgan fingerprint density at radius 1 is 0.941 bits per heavy atom. The van der Waals surface area contributed by atoms with Gasteiger partial charge in [-0.05, 0) is 30.4 Å². The summed E-state index contributed by atoms with van der Waals surface area (Å²) < 4.78 is 37.6. The molecule has 0 spiro atoms. The predicted molar refractivity (Wildman–Crippen MR) is 60.0 cm³/mol. The van der Waals surface area contributed by atoms with Gasteiger partial charge in [0.05, 0.1) is 12.2 Å². The minimum atomic E-state index is -0.617. The molecule has 3 rings (SSSR count). The average Bonchev–Trinajstić information content (AvgIpc) is 2.71. The van der Waals surface area contributed by atoms with E-state index < -0.39 is 18.8 Å². The van der Waals surface area contributed by atoms with Crippen LogP contribution in [0, 0.1) is 11.6 Å². The van der Waals surface area contributed by atoms with Gasteiger partial charge in [-0.3, -0.25) is 0 Å². The van der Waals surface area contributed by atoms with Crippen molar-refractivity contribution in [2.75, 3.05) is 0 Å². The highest BCUT2D eigenvalue weighted by molar-refractivity contribution is 6.61. The zero-order valence-corrected chi connectivity index (χ0v) is 9.36. The minimum absolute atomic E-state index is 0.0834. The van der Waals surface area contributed by atoms with Crippen LogP contribution in [0.1, 0.15) is 25.7 Å². The first kappa shape index (κ1) is 11.2. The molecule has 1 saturated carbocycles. The van der Waals surface area contributed by atoms with Gasteiger partial charge in [-0.1, -0.05) is 12.8 Å². The zero-order chi connectivity index (χ0) is 11.8. The van der Waals surface area contributed by atoms with Gasteiger partial charge >= 0.3 is 7.12 Å². The highest BCUT2D eigenvalue weighted by atomic mass is 19.1. The van der Waals surface area contributed by atoms with Crippen molar-refractivity contribution in [1.82, 2.24) is 0 Å². The Hall–Kier alpha value is -0.935. The van der Waals surface area contributed by atoms with Crippen LogP contribution in [0.15, 0.2) is 18.2 Å². The molecular weight excluding hydrogens is 225 g/mol. The summed E-state index contributed by atoms with van der Waals surface area (Å²) in [6.45, 7) is 0. The van der Waals surface area contributed by atoms with Crippen molar-refractivity contribution in [2.24, 2.45) is 0 Å². The van der Waals surface area contributed by atoms with Crippen molar-refractivity contribution >= 4 is 12.6 Å². The molecule has 0 amide bonds. The summed E-state index contributed by atoms with van der Waals surface area (Å²) >= 11 is 0. The van der Waals surface area contributed by atoms with Gasteiger partial charge in [-0.15, -0.1) is 0 Å². The molecule has 90 valence electrons. The lowest BCUT2D eigenvalue weighted by Crippen LogP contribution is -2.33. The third-order valence-corrected chi connectivity index (χ3v) is 3.40. The molecule has 1 aromatic rings. The molecule has 0 unspecified atom stereocenters. The summed E-state index contributed by atoms with van der Waals surface area (Å²) in [6.07, 6.45) is 4.38. The molecule has 0 radical (unpaired) electrons. The molecule has 1 aliphatic heterocycles. The second-order valence-corrected chi connectivity index (χ2v) is 4.67. The molecular formula is C12H13BF2O2. The van der Waals surface area contributed by atoms with Crippen LogP contribution in [0.2, 0.25) is 0 Å². The third-order valence-electron chi connectivity index (χ3n) is 3.40. The Morgan fingerprint density at radius 2 is 1.47 bits per heavy atom. The van der Waals surface area contributed by atoms with E-state index in [2.05, 4.69) is 0 Å². The summed E-state index contributed by atoms with van der Waals surface area (Å²) in [5, 5.41) is 0. The van der Waals surface area contributed by atoms with Gasteiger partial charge < -0.3 is 9.31 Å². The maximum absolute atomic E-state index is 13.1. The molecule has 0 N–H and O–H groups in total. The van der Waals surface area contributed by atoms with Gasteiger partial charge in [0.25, 0.3) is 0 Å². The Kier molecular flexibility index (Phi) is 2.88. The number of rotatable bonds is 1. The second-order valence-electron chi connectivity index (χ2n) is 4.67. The molecule has 0 bridgehead atoms. The molecule has 2 fully saturated rings. The zero-order valence-electron chi connectivity index (χ0n) is 9.36. The van der Waals surface area contributed by atoms with Crippen LogP contribution in [0.25, 0.3) is 0 Å².